The normalized spacial score (nSPS) is 19.5. The first-order chi connectivity index (χ1) is 8.99. The van der Waals surface area contributed by atoms with Crippen LogP contribution in [0.2, 0.25) is 0 Å². The lowest BCUT2D eigenvalue weighted by Gasteiger charge is -2.32. The Morgan fingerprint density at radius 1 is 1.53 bits per heavy atom. The molecule has 0 saturated carbocycles. The average molecular weight is 283 g/mol. The van der Waals surface area contributed by atoms with Crippen molar-refractivity contribution < 1.29 is 14.7 Å². The van der Waals surface area contributed by atoms with Crippen molar-refractivity contribution >= 4 is 23.6 Å². The van der Waals surface area contributed by atoms with Crippen LogP contribution >= 0.6 is 11.8 Å². The third-order valence-corrected chi connectivity index (χ3v) is 4.14. The SMILES string of the molecule is Cc1cc(C)n(CC(=O)N2CCSCC2C(=O)O)n1. The minimum absolute atomic E-state index is 0.105. The second-order valence-corrected chi connectivity index (χ2v) is 5.75. The van der Waals surface area contributed by atoms with Crippen molar-refractivity contribution in [3.63, 3.8) is 0 Å². The highest BCUT2D eigenvalue weighted by atomic mass is 32.2. The van der Waals surface area contributed by atoms with Crippen molar-refractivity contribution in [1.82, 2.24) is 14.7 Å². The molecular formula is C12H17N3O3S. The third kappa shape index (κ3) is 3.09. The first-order valence-electron chi connectivity index (χ1n) is 6.10. The van der Waals surface area contributed by atoms with Gasteiger partial charge in [-0.25, -0.2) is 4.79 Å². The van der Waals surface area contributed by atoms with E-state index in [1.807, 2.05) is 19.9 Å². The van der Waals surface area contributed by atoms with Crippen LogP contribution in [0.3, 0.4) is 0 Å². The van der Waals surface area contributed by atoms with Crippen LogP contribution in [0.5, 0.6) is 0 Å². The number of nitrogens with zero attached hydrogens (tertiary/aromatic N) is 3. The molecule has 19 heavy (non-hydrogen) atoms. The van der Waals surface area contributed by atoms with Crippen molar-refractivity contribution in [2.45, 2.75) is 26.4 Å². The molecule has 0 aromatic carbocycles. The van der Waals surface area contributed by atoms with Gasteiger partial charge in [-0.15, -0.1) is 0 Å². The molecule has 6 nitrogen and oxygen atoms in total. The van der Waals surface area contributed by atoms with Gasteiger partial charge in [0.2, 0.25) is 5.91 Å². The Labute approximate surface area is 115 Å². The molecule has 1 unspecified atom stereocenters. The topological polar surface area (TPSA) is 75.4 Å². The maximum absolute atomic E-state index is 12.2. The summed E-state index contributed by atoms with van der Waals surface area (Å²) in [6, 6.07) is 1.18. The molecule has 0 aliphatic carbocycles. The van der Waals surface area contributed by atoms with E-state index in [-0.39, 0.29) is 12.5 Å². The summed E-state index contributed by atoms with van der Waals surface area (Å²) in [5.41, 5.74) is 1.76. The lowest BCUT2D eigenvalue weighted by Crippen LogP contribution is -2.51. The number of aliphatic carboxylic acids is 1. The lowest BCUT2D eigenvalue weighted by molar-refractivity contribution is -0.149. The van der Waals surface area contributed by atoms with Gasteiger partial charge in [0.1, 0.15) is 12.6 Å². The van der Waals surface area contributed by atoms with E-state index in [9.17, 15) is 9.59 Å². The zero-order valence-corrected chi connectivity index (χ0v) is 11.8. The summed E-state index contributed by atoms with van der Waals surface area (Å²) in [6.45, 7) is 4.34. The zero-order valence-electron chi connectivity index (χ0n) is 11.0. The molecule has 104 valence electrons. The monoisotopic (exact) mass is 283 g/mol. The van der Waals surface area contributed by atoms with Gasteiger partial charge < -0.3 is 10.0 Å². The summed E-state index contributed by atoms with van der Waals surface area (Å²) in [5.74, 6) is 0.123. The number of aryl methyl sites for hydroxylation is 2. The molecule has 1 saturated heterocycles. The number of hydrogen-bond acceptors (Lipinski definition) is 4. The number of carbonyl (C=O) groups is 2. The minimum atomic E-state index is -0.936. The van der Waals surface area contributed by atoms with Crippen molar-refractivity contribution in [3.8, 4) is 0 Å². The fraction of sp³-hybridized carbons (Fsp3) is 0.583. The van der Waals surface area contributed by atoms with E-state index in [1.54, 1.807) is 16.4 Å². The summed E-state index contributed by atoms with van der Waals surface area (Å²) < 4.78 is 1.62. The number of carboxylic acid groups (broad SMARTS) is 1. The molecule has 2 rings (SSSR count). The lowest BCUT2D eigenvalue weighted by atomic mass is 10.2. The standard InChI is InChI=1S/C12H17N3O3S/c1-8-5-9(2)15(13-8)6-11(16)14-3-4-19-7-10(14)12(17)18/h5,10H,3-4,6-7H2,1-2H3,(H,17,18). The Hall–Kier alpha value is -1.50. The van der Waals surface area contributed by atoms with Crippen molar-refractivity contribution in [1.29, 1.82) is 0 Å². The fourth-order valence-electron chi connectivity index (χ4n) is 2.16. The van der Waals surface area contributed by atoms with Gasteiger partial charge in [0.15, 0.2) is 0 Å². The molecule has 2 heterocycles. The largest absolute Gasteiger partial charge is 0.480 e. The Bertz CT molecular complexity index is 500. The van der Waals surface area contributed by atoms with E-state index in [0.717, 1.165) is 17.1 Å². The molecule has 1 N–H and O–H groups in total. The number of amides is 1. The second-order valence-electron chi connectivity index (χ2n) is 4.60. The van der Waals surface area contributed by atoms with Crippen LogP contribution in [-0.4, -0.2) is 55.8 Å². The van der Waals surface area contributed by atoms with E-state index in [4.69, 9.17) is 5.11 Å². The van der Waals surface area contributed by atoms with E-state index in [2.05, 4.69) is 5.10 Å². The Morgan fingerprint density at radius 3 is 2.84 bits per heavy atom. The van der Waals surface area contributed by atoms with Gasteiger partial charge in [-0.3, -0.25) is 9.48 Å². The van der Waals surface area contributed by atoms with Crippen LogP contribution < -0.4 is 0 Å². The quantitative estimate of drug-likeness (QED) is 0.875. The summed E-state index contributed by atoms with van der Waals surface area (Å²) in [6.07, 6.45) is 0. The Kier molecular flexibility index (Phi) is 4.14. The van der Waals surface area contributed by atoms with E-state index in [1.165, 1.54) is 4.90 Å². The van der Waals surface area contributed by atoms with Crippen LogP contribution in [0.25, 0.3) is 0 Å². The fourth-order valence-corrected chi connectivity index (χ4v) is 3.20. The van der Waals surface area contributed by atoms with Gasteiger partial charge in [-0.2, -0.15) is 16.9 Å². The van der Waals surface area contributed by atoms with Crippen LogP contribution in [0.15, 0.2) is 6.07 Å². The summed E-state index contributed by atoms with van der Waals surface area (Å²) in [4.78, 5) is 24.9. The van der Waals surface area contributed by atoms with Crippen LogP contribution in [0.1, 0.15) is 11.4 Å². The number of aromatic nitrogens is 2. The molecule has 0 bridgehead atoms. The molecule has 7 heteroatoms. The Morgan fingerprint density at radius 2 is 2.26 bits per heavy atom. The van der Waals surface area contributed by atoms with Gasteiger partial charge in [0.25, 0.3) is 0 Å². The zero-order chi connectivity index (χ0) is 14.0. The first kappa shape index (κ1) is 13.9. The number of hydrogen-bond donors (Lipinski definition) is 1. The third-order valence-electron chi connectivity index (χ3n) is 3.12. The molecule has 0 radical (unpaired) electrons. The highest BCUT2D eigenvalue weighted by molar-refractivity contribution is 7.99. The predicted molar refractivity (Wildman–Crippen MR) is 72.2 cm³/mol. The molecule has 1 aliphatic heterocycles. The molecule has 1 aromatic heterocycles. The summed E-state index contributed by atoms with van der Waals surface area (Å²) >= 11 is 1.57. The number of carboxylic acids is 1. The smallest absolute Gasteiger partial charge is 0.327 e. The number of thioether (sulfide) groups is 1. The number of carbonyl (C=O) groups excluding carboxylic acids is 1. The molecule has 1 aromatic rings. The van der Waals surface area contributed by atoms with Gasteiger partial charge in [0, 0.05) is 23.7 Å². The molecule has 1 amide bonds. The van der Waals surface area contributed by atoms with Crippen LogP contribution in [0, 0.1) is 13.8 Å². The van der Waals surface area contributed by atoms with Crippen LogP contribution in [-0.2, 0) is 16.1 Å². The second kappa shape index (κ2) is 5.64. The van der Waals surface area contributed by atoms with Gasteiger partial charge in [-0.05, 0) is 19.9 Å². The highest BCUT2D eigenvalue weighted by Gasteiger charge is 2.32. The van der Waals surface area contributed by atoms with E-state index in [0.29, 0.717) is 12.3 Å². The predicted octanol–water partition coefficient (Wildman–Crippen LogP) is 0.529. The van der Waals surface area contributed by atoms with Crippen molar-refractivity contribution in [3.05, 3.63) is 17.5 Å². The molecule has 1 aliphatic rings. The van der Waals surface area contributed by atoms with E-state index >= 15 is 0 Å². The molecule has 1 fully saturated rings. The van der Waals surface area contributed by atoms with Gasteiger partial charge in [-0.1, -0.05) is 0 Å². The Balaban J connectivity index is 2.09. The van der Waals surface area contributed by atoms with Crippen molar-refractivity contribution in [2.75, 3.05) is 18.1 Å². The van der Waals surface area contributed by atoms with Gasteiger partial charge in [0.05, 0.1) is 5.69 Å². The number of rotatable bonds is 3. The summed E-state index contributed by atoms with van der Waals surface area (Å²) in [5, 5.41) is 13.4. The highest BCUT2D eigenvalue weighted by Crippen LogP contribution is 2.17. The van der Waals surface area contributed by atoms with Crippen LogP contribution in [0.4, 0.5) is 0 Å². The maximum Gasteiger partial charge on any atom is 0.327 e. The summed E-state index contributed by atoms with van der Waals surface area (Å²) in [7, 11) is 0. The molecule has 1 atom stereocenters. The average Bonchev–Trinajstić information content (AvgIpc) is 2.67. The maximum atomic E-state index is 12.2. The molecule has 0 spiro atoms. The van der Waals surface area contributed by atoms with Crippen molar-refractivity contribution in [2.24, 2.45) is 0 Å². The van der Waals surface area contributed by atoms with E-state index < -0.39 is 12.0 Å². The van der Waals surface area contributed by atoms with Gasteiger partial charge >= 0.3 is 5.97 Å². The molecular weight excluding hydrogens is 266 g/mol. The minimum Gasteiger partial charge on any atom is -0.480 e. The first-order valence-corrected chi connectivity index (χ1v) is 7.25.